The molecule has 0 aromatic rings. The summed E-state index contributed by atoms with van der Waals surface area (Å²) in [5.41, 5.74) is 6.33. The Kier molecular flexibility index (Phi) is 49.4. The van der Waals surface area contributed by atoms with Gasteiger partial charge in [-0.25, -0.2) is 0 Å². The lowest BCUT2D eigenvalue weighted by Crippen LogP contribution is -2.25. The summed E-state index contributed by atoms with van der Waals surface area (Å²) in [5.74, 6) is 0.457. The zero-order valence-corrected chi connectivity index (χ0v) is 40.6. The van der Waals surface area contributed by atoms with Gasteiger partial charge in [0.25, 0.3) is 0 Å². The summed E-state index contributed by atoms with van der Waals surface area (Å²) in [6.45, 7) is 8.04. The lowest BCUT2D eigenvalue weighted by atomic mass is 9.87. The number of hydrogen-bond acceptors (Lipinski definition) is 3. The van der Waals surface area contributed by atoms with Gasteiger partial charge < -0.3 is 10.5 Å². The number of carbonyl (C=O) groups is 1. The van der Waals surface area contributed by atoms with Crippen molar-refractivity contribution >= 4 is 5.97 Å². The molecule has 0 aromatic carbocycles. The molecular formula is C57H103NO2. The molecule has 0 aliphatic rings. The van der Waals surface area contributed by atoms with E-state index < -0.39 is 0 Å². The summed E-state index contributed by atoms with van der Waals surface area (Å²) >= 11 is 0. The number of esters is 1. The lowest BCUT2D eigenvalue weighted by molar-refractivity contribution is -0.149. The van der Waals surface area contributed by atoms with Gasteiger partial charge in [-0.05, 0) is 134 Å². The van der Waals surface area contributed by atoms with E-state index in [1.54, 1.807) is 0 Å². The number of rotatable bonds is 47. The molecule has 0 aliphatic heterocycles. The number of carbonyl (C=O) groups excluding carboxylic acids is 1. The fourth-order valence-electron chi connectivity index (χ4n) is 7.89. The lowest BCUT2D eigenvalue weighted by Gasteiger charge is -2.22. The van der Waals surface area contributed by atoms with Crippen molar-refractivity contribution in [2.45, 2.75) is 258 Å². The van der Waals surface area contributed by atoms with E-state index in [9.17, 15) is 4.79 Å². The van der Waals surface area contributed by atoms with Gasteiger partial charge in [0.05, 0.1) is 12.5 Å². The first-order valence-corrected chi connectivity index (χ1v) is 26.5. The molecule has 2 N–H and O–H groups in total. The highest BCUT2D eigenvalue weighted by atomic mass is 16.5. The van der Waals surface area contributed by atoms with E-state index in [-0.39, 0.29) is 11.9 Å². The monoisotopic (exact) mass is 834 g/mol. The Morgan fingerprint density at radius 1 is 0.400 bits per heavy atom. The minimum atomic E-state index is -0.000170. The maximum Gasteiger partial charge on any atom is 0.308 e. The predicted molar refractivity (Wildman–Crippen MR) is 270 cm³/mol. The molecule has 348 valence electrons. The number of nitrogens with two attached hydrogens (primary N) is 1. The van der Waals surface area contributed by atoms with E-state index in [1.165, 1.54) is 180 Å². The summed E-state index contributed by atoms with van der Waals surface area (Å²) in [5, 5.41) is 0. The van der Waals surface area contributed by atoms with Gasteiger partial charge in [0, 0.05) is 0 Å². The van der Waals surface area contributed by atoms with Gasteiger partial charge in [0.2, 0.25) is 0 Å². The number of allylic oxidation sites excluding steroid dienone is 12. The molecule has 0 spiro atoms. The van der Waals surface area contributed by atoms with Crippen LogP contribution in [0.1, 0.15) is 258 Å². The third kappa shape index (κ3) is 45.4. The molecular weight excluding hydrogens is 731 g/mol. The Bertz CT molecular complexity index is 1030. The highest BCUT2D eigenvalue weighted by Crippen LogP contribution is 2.25. The van der Waals surface area contributed by atoms with E-state index in [0.29, 0.717) is 19.1 Å². The highest BCUT2D eigenvalue weighted by Gasteiger charge is 2.23. The van der Waals surface area contributed by atoms with Crippen LogP contribution < -0.4 is 5.73 Å². The van der Waals surface area contributed by atoms with Crippen LogP contribution in [0.15, 0.2) is 72.9 Å². The molecule has 0 bridgehead atoms. The molecule has 2 unspecified atom stereocenters. The normalized spacial score (nSPS) is 13.5. The Morgan fingerprint density at radius 3 is 1.08 bits per heavy atom. The quantitative estimate of drug-likeness (QED) is 0.0377. The number of unbranched alkanes of at least 4 members (excludes halogenated alkanes) is 25. The van der Waals surface area contributed by atoms with Gasteiger partial charge >= 0.3 is 5.97 Å². The first-order valence-electron chi connectivity index (χ1n) is 26.5. The minimum absolute atomic E-state index is 0.000170. The molecule has 0 fully saturated rings. The second kappa shape index (κ2) is 51.2. The van der Waals surface area contributed by atoms with Crippen molar-refractivity contribution in [3.8, 4) is 0 Å². The number of hydrogen-bond donors (Lipinski definition) is 1. The summed E-state index contributed by atoms with van der Waals surface area (Å²) in [6, 6.07) is 0. The van der Waals surface area contributed by atoms with Crippen LogP contribution in [0, 0.1) is 11.8 Å². The molecule has 3 nitrogen and oxygen atoms in total. The molecule has 0 aromatic heterocycles. The molecule has 0 amide bonds. The largest absolute Gasteiger partial charge is 0.465 e. The molecule has 0 radical (unpaired) electrons. The first kappa shape index (κ1) is 57.9. The molecule has 0 aliphatic carbocycles. The smallest absolute Gasteiger partial charge is 0.308 e. The van der Waals surface area contributed by atoms with Gasteiger partial charge in [-0.2, -0.15) is 0 Å². The van der Waals surface area contributed by atoms with Crippen LogP contribution >= 0.6 is 0 Å². The molecule has 2 atom stereocenters. The van der Waals surface area contributed by atoms with E-state index in [2.05, 4.69) is 93.7 Å². The van der Waals surface area contributed by atoms with Crippen molar-refractivity contribution in [1.82, 2.24) is 0 Å². The summed E-state index contributed by atoms with van der Waals surface area (Å²) in [7, 11) is 0. The predicted octanol–water partition coefficient (Wildman–Crippen LogP) is 18.6. The SMILES string of the molecule is CCCCC/C=C\C/C=C\CCCCCCCCOC(=O)C(CCCCCCCC/C=C\C/C=C\CCCCC)CC(CN)CCCCCC/C=C\C/C=C\CCCCC. The Morgan fingerprint density at radius 2 is 0.717 bits per heavy atom. The van der Waals surface area contributed by atoms with Crippen molar-refractivity contribution in [2.24, 2.45) is 17.6 Å². The minimum Gasteiger partial charge on any atom is -0.465 e. The number of ether oxygens (including phenoxy) is 1. The van der Waals surface area contributed by atoms with Crippen LogP contribution in [0.4, 0.5) is 0 Å². The Balaban J connectivity index is 4.48. The topological polar surface area (TPSA) is 52.3 Å². The average molecular weight is 834 g/mol. The van der Waals surface area contributed by atoms with E-state index in [0.717, 1.165) is 57.8 Å². The van der Waals surface area contributed by atoms with Crippen LogP contribution in [-0.4, -0.2) is 19.1 Å². The fraction of sp³-hybridized carbons (Fsp3) is 0.772. The Hall–Kier alpha value is -2.13. The standard InChI is InChI=1S/C57H103NO2/c1-4-7-10-13-16-19-22-25-28-30-33-36-39-42-45-48-51-56(53-55(54-58)50-47-44-41-38-35-32-27-24-21-18-15-12-9-6-3)57(59)60-52-49-46-43-40-37-34-31-29-26-23-20-17-14-11-8-5-2/h16-21,25-29,32,55-56H,4-15,22-24,30-31,33-54,58H2,1-3H3/b19-16-,20-17-,21-18-,28-25-,29-26-,32-27-. The van der Waals surface area contributed by atoms with Gasteiger partial charge in [0.15, 0.2) is 0 Å². The van der Waals surface area contributed by atoms with Gasteiger partial charge in [-0.15, -0.1) is 0 Å². The van der Waals surface area contributed by atoms with Crippen molar-refractivity contribution in [3.05, 3.63) is 72.9 Å². The third-order valence-electron chi connectivity index (χ3n) is 11.9. The van der Waals surface area contributed by atoms with Crippen molar-refractivity contribution in [1.29, 1.82) is 0 Å². The molecule has 0 saturated carbocycles. The van der Waals surface area contributed by atoms with Crippen LogP contribution in [0.25, 0.3) is 0 Å². The van der Waals surface area contributed by atoms with E-state index in [1.807, 2.05) is 0 Å². The second-order valence-corrected chi connectivity index (χ2v) is 17.8. The van der Waals surface area contributed by atoms with Crippen LogP contribution in [0.3, 0.4) is 0 Å². The molecule has 60 heavy (non-hydrogen) atoms. The summed E-state index contributed by atoms with van der Waals surface area (Å²) in [4.78, 5) is 13.5. The third-order valence-corrected chi connectivity index (χ3v) is 11.9. The van der Waals surface area contributed by atoms with E-state index in [4.69, 9.17) is 10.5 Å². The molecule has 3 heteroatoms. The van der Waals surface area contributed by atoms with Crippen molar-refractivity contribution < 1.29 is 9.53 Å². The fourth-order valence-corrected chi connectivity index (χ4v) is 7.89. The van der Waals surface area contributed by atoms with Crippen LogP contribution in [0.2, 0.25) is 0 Å². The van der Waals surface area contributed by atoms with Gasteiger partial charge in [-0.1, -0.05) is 209 Å². The Labute approximate surface area is 376 Å². The molecule has 0 saturated heterocycles. The zero-order valence-electron chi connectivity index (χ0n) is 40.6. The zero-order chi connectivity index (χ0) is 43.5. The second-order valence-electron chi connectivity index (χ2n) is 17.8. The van der Waals surface area contributed by atoms with Gasteiger partial charge in [-0.3, -0.25) is 4.79 Å². The summed E-state index contributed by atoms with van der Waals surface area (Å²) in [6.07, 6.45) is 73.1. The molecule has 0 heterocycles. The van der Waals surface area contributed by atoms with E-state index >= 15 is 0 Å². The maximum atomic E-state index is 13.5. The average Bonchev–Trinajstić information content (AvgIpc) is 3.26. The molecule has 0 rings (SSSR count). The van der Waals surface area contributed by atoms with Crippen molar-refractivity contribution in [2.75, 3.05) is 13.2 Å². The van der Waals surface area contributed by atoms with Gasteiger partial charge in [0.1, 0.15) is 0 Å². The van der Waals surface area contributed by atoms with Crippen LogP contribution in [0.5, 0.6) is 0 Å². The summed E-state index contributed by atoms with van der Waals surface area (Å²) < 4.78 is 5.96. The maximum absolute atomic E-state index is 13.5. The van der Waals surface area contributed by atoms with Crippen molar-refractivity contribution in [3.63, 3.8) is 0 Å². The van der Waals surface area contributed by atoms with Crippen LogP contribution in [-0.2, 0) is 9.53 Å². The first-order chi connectivity index (χ1) is 29.7. The highest BCUT2D eigenvalue weighted by molar-refractivity contribution is 5.72.